The van der Waals surface area contributed by atoms with E-state index in [0.29, 0.717) is 6.54 Å². The fourth-order valence-electron chi connectivity index (χ4n) is 1.77. The first-order chi connectivity index (χ1) is 7.00. The number of hydrazine groups is 1. The van der Waals surface area contributed by atoms with Gasteiger partial charge in [-0.05, 0) is 12.8 Å². The van der Waals surface area contributed by atoms with Crippen LogP contribution in [0.1, 0.15) is 19.3 Å². The molecular weight excluding hydrogens is 198 g/mol. The van der Waals surface area contributed by atoms with E-state index >= 15 is 0 Å². The summed E-state index contributed by atoms with van der Waals surface area (Å²) in [5.74, 6) is -0.857. The standard InChI is InChI=1S/C9H17N3O3/c1-11(2)10-9(15)12-5-3-4-7(12)6-8(13)14/h7H,3-6H2,1-2H3,(H,10,15)(H,13,14). The van der Waals surface area contributed by atoms with Gasteiger partial charge in [-0.3, -0.25) is 10.2 Å². The van der Waals surface area contributed by atoms with Gasteiger partial charge in [0.05, 0.1) is 6.42 Å². The molecule has 0 aromatic carbocycles. The number of nitrogens with one attached hydrogen (secondary N) is 1. The molecule has 0 aromatic rings. The number of carbonyl (C=O) groups is 2. The molecule has 0 bridgehead atoms. The molecule has 1 aliphatic rings. The summed E-state index contributed by atoms with van der Waals surface area (Å²) in [7, 11) is 3.44. The van der Waals surface area contributed by atoms with Crippen molar-refractivity contribution in [3.63, 3.8) is 0 Å². The van der Waals surface area contributed by atoms with Crippen LogP contribution in [0, 0.1) is 0 Å². The normalized spacial score (nSPS) is 20.7. The Kier molecular flexibility index (Phi) is 3.90. The van der Waals surface area contributed by atoms with E-state index in [-0.39, 0.29) is 18.5 Å². The summed E-state index contributed by atoms with van der Waals surface area (Å²) < 4.78 is 0. The highest BCUT2D eigenvalue weighted by molar-refractivity contribution is 5.75. The average Bonchev–Trinajstić information content (AvgIpc) is 2.49. The Morgan fingerprint density at radius 2 is 2.20 bits per heavy atom. The molecule has 1 saturated heterocycles. The van der Waals surface area contributed by atoms with Crippen molar-refractivity contribution in [3.8, 4) is 0 Å². The molecule has 0 aromatic heterocycles. The lowest BCUT2D eigenvalue weighted by molar-refractivity contribution is -0.137. The minimum absolute atomic E-state index is 0.0286. The molecule has 0 saturated carbocycles. The number of aliphatic carboxylic acids is 1. The van der Waals surface area contributed by atoms with E-state index in [1.54, 1.807) is 24.0 Å². The second-order valence-corrected chi connectivity index (χ2v) is 3.90. The number of carboxylic acid groups (broad SMARTS) is 1. The van der Waals surface area contributed by atoms with Gasteiger partial charge in [0.15, 0.2) is 0 Å². The lowest BCUT2D eigenvalue weighted by atomic mass is 10.1. The van der Waals surface area contributed by atoms with Gasteiger partial charge in [0.2, 0.25) is 0 Å². The minimum Gasteiger partial charge on any atom is -0.481 e. The Hall–Kier alpha value is -1.30. The molecule has 86 valence electrons. The van der Waals surface area contributed by atoms with Crippen LogP contribution in [0.5, 0.6) is 0 Å². The maximum atomic E-state index is 11.6. The van der Waals surface area contributed by atoms with Gasteiger partial charge in [0.1, 0.15) is 0 Å². The molecule has 1 rings (SSSR count). The molecule has 2 N–H and O–H groups in total. The van der Waals surface area contributed by atoms with Crippen LogP contribution in [-0.4, -0.2) is 53.7 Å². The van der Waals surface area contributed by atoms with E-state index in [0.717, 1.165) is 12.8 Å². The van der Waals surface area contributed by atoms with Gasteiger partial charge in [-0.25, -0.2) is 9.80 Å². The Balaban J connectivity index is 2.52. The van der Waals surface area contributed by atoms with Crippen molar-refractivity contribution < 1.29 is 14.7 Å². The van der Waals surface area contributed by atoms with Crippen molar-refractivity contribution in [2.45, 2.75) is 25.3 Å². The van der Waals surface area contributed by atoms with Gasteiger partial charge in [0.25, 0.3) is 0 Å². The Morgan fingerprint density at radius 3 is 2.73 bits per heavy atom. The van der Waals surface area contributed by atoms with Crippen LogP contribution in [0.3, 0.4) is 0 Å². The predicted octanol–water partition coefficient (Wildman–Crippen LogP) is 0.112. The summed E-state index contributed by atoms with van der Waals surface area (Å²) in [6.07, 6.45) is 1.67. The number of rotatable bonds is 3. The van der Waals surface area contributed by atoms with Crippen LogP contribution in [0.25, 0.3) is 0 Å². The third-order valence-electron chi connectivity index (χ3n) is 2.37. The Labute approximate surface area is 88.8 Å². The summed E-state index contributed by atoms with van der Waals surface area (Å²) in [5.41, 5.74) is 2.62. The quantitative estimate of drug-likeness (QED) is 0.655. The molecule has 1 atom stereocenters. The van der Waals surface area contributed by atoms with Gasteiger partial charge in [0, 0.05) is 26.7 Å². The lowest BCUT2D eigenvalue weighted by Gasteiger charge is -2.25. The number of hydrogen-bond acceptors (Lipinski definition) is 3. The maximum absolute atomic E-state index is 11.6. The number of nitrogens with zero attached hydrogens (tertiary/aromatic N) is 2. The first-order valence-corrected chi connectivity index (χ1v) is 4.97. The van der Waals surface area contributed by atoms with Crippen molar-refractivity contribution in [2.24, 2.45) is 0 Å². The summed E-state index contributed by atoms with van der Waals surface area (Å²) in [5, 5.41) is 10.2. The molecule has 0 aliphatic carbocycles. The first-order valence-electron chi connectivity index (χ1n) is 4.97. The van der Waals surface area contributed by atoms with Crippen molar-refractivity contribution in [3.05, 3.63) is 0 Å². The highest BCUT2D eigenvalue weighted by atomic mass is 16.4. The molecule has 2 amide bonds. The topological polar surface area (TPSA) is 72.9 Å². The van der Waals surface area contributed by atoms with E-state index in [4.69, 9.17) is 5.11 Å². The smallest absolute Gasteiger partial charge is 0.332 e. The first kappa shape index (κ1) is 11.8. The van der Waals surface area contributed by atoms with Crippen LogP contribution in [0.4, 0.5) is 4.79 Å². The van der Waals surface area contributed by atoms with Crippen molar-refractivity contribution >= 4 is 12.0 Å². The van der Waals surface area contributed by atoms with E-state index < -0.39 is 5.97 Å². The van der Waals surface area contributed by atoms with E-state index in [1.165, 1.54) is 0 Å². The highest BCUT2D eigenvalue weighted by Gasteiger charge is 2.30. The molecular formula is C9H17N3O3. The number of urea groups is 1. The zero-order valence-corrected chi connectivity index (χ0v) is 9.06. The van der Waals surface area contributed by atoms with Gasteiger partial charge >= 0.3 is 12.0 Å². The fourth-order valence-corrected chi connectivity index (χ4v) is 1.77. The number of carboxylic acids is 1. The molecule has 1 fully saturated rings. The Bertz CT molecular complexity index is 255. The summed E-state index contributed by atoms with van der Waals surface area (Å²) in [4.78, 5) is 23.8. The molecule has 0 spiro atoms. The number of likely N-dealkylation sites (tertiary alicyclic amines) is 1. The van der Waals surface area contributed by atoms with E-state index in [2.05, 4.69) is 5.43 Å². The second kappa shape index (κ2) is 4.97. The monoisotopic (exact) mass is 215 g/mol. The molecule has 1 unspecified atom stereocenters. The predicted molar refractivity (Wildman–Crippen MR) is 54.2 cm³/mol. The molecule has 6 nitrogen and oxygen atoms in total. The summed E-state index contributed by atoms with van der Waals surface area (Å²) in [6.45, 7) is 0.637. The SMILES string of the molecule is CN(C)NC(=O)N1CCCC1CC(=O)O. The molecule has 6 heteroatoms. The second-order valence-electron chi connectivity index (χ2n) is 3.90. The van der Waals surface area contributed by atoms with Gasteiger partial charge in [-0.15, -0.1) is 0 Å². The van der Waals surface area contributed by atoms with Gasteiger partial charge in [-0.1, -0.05) is 0 Å². The van der Waals surface area contributed by atoms with Crippen molar-refractivity contribution in [1.29, 1.82) is 0 Å². The summed E-state index contributed by atoms with van der Waals surface area (Å²) in [6, 6.07) is -0.383. The number of carbonyl (C=O) groups excluding carboxylic acids is 1. The number of amides is 2. The van der Waals surface area contributed by atoms with E-state index in [9.17, 15) is 9.59 Å². The number of hydrogen-bond donors (Lipinski definition) is 2. The lowest BCUT2D eigenvalue weighted by Crippen LogP contribution is -2.48. The molecule has 1 heterocycles. The zero-order valence-electron chi connectivity index (χ0n) is 9.06. The molecule has 15 heavy (non-hydrogen) atoms. The minimum atomic E-state index is -0.857. The highest BCUT2D eigenvalue weighted by Crippen LogP contribution is 2.19. The van der Waals surface area contributed by atoms with Crippen molar-refractivity contribution in [2.75, 3.05) is 20.6 Å². The largest absolute Gasteiger partial charge is 0.481 e. The maximum Gasteiger partial charge on any atom is 0.332 e. The third-order valence-corrected chi connectivity index (χ3v) is 2.37. The van der Waals surface area contributed by atoms with Crippen LogP contribution < -0.4 is 5.43 Å². The van der Waals surface area contributed by atoms with Crippen molar-refractivity contribution in [1.82, 2.24) is 15.3 Å². The van der Waals surface area contributed by atoms with Crippen LogP contribution in [0.15, 0.2) is 0 Å². The molecule has 0 radical (unpaired) electrons. The Morgan fingerprint density at radius 1 is 1.53 bits per heavy atom. The zero-order chi connectivity index (χ0) is 11.4. The molecule has 1 aliphatic heterocycles. The van der Waals surface area contributed by atoms with E-state index in [1.807, 2.05) is 0 Å². The van der Waals surface area contributed by atoms with Crippen LogP contribution in [0.2, 0.25) is 0 Å². The van der Waals surface area contributed by atoms with Gasteiger partial charge < -0.3 is 10.0 Å². The van der Waals surface area contributed by atoms with Gasteiger partial charge in [-0.2, -0.15) is 0 Å². The third kappa shape index (κ3) is 3.39. The van der Waals surface area contributed by atoms with Crippen LogP contribution in [-0.2, 0) is 4.79 Å². The van der Waals surface area contributed by atoms with Crippen LogP contribution >= 0.6 is 0 Å². The fraction of sp³-hybridized carbons (Fsp3) is 0.778. The average molecular weight is 215 g/mol. The summed E-state index contributed by atoms with van der Waals surface area (Å²) >= 11 is 0.